The van der Waals surface area contributed by atoms with Crippen LogP contribution in [0.5, 0.6) is 5.75 Å². The van der Waals surface area contributed by atoms with Crippen LogP contribution in [0.1, 0.15) is 39.2 Å². The third-order valence-corrected chi connectivity index (χ3v) is 5.13. The van der Waals surface area contributed by atoms with Gasteiger partial charge in [0, 0.05) is 30.1 Å². The molecule has 0 aliphatic carbocycles. The summed E-state index contributed by atoms with van der Waals surface area (Å²) in [5, 5.41) is 17.6. The Labute approximate surface area is 166 Å². The van der Waals surface area contributed by atoms with E-state index >= 15 is 0 Å². The molecule has 2 N–H and O–H groups in total. The van der Waals surface area contributed by atoms with Crippen LogP contribution in [0.15, 0.2) is 65.3 Å². The number of nitrogens with zero attached hydrogens (tertiary/aromatic N) is 3. The topological polar surface area (TPSA) is 95.2 Å². The second-order valence-electron chi connectivity index (χ2n) is 7.02. The van der Waals surface area contributed by atoms with E-state index < -0.39 is 6.04 Å². The fourth-order valence-electron chi connectivity index (χ4n) is 3.82. The number of carbonyl (C=O) groups excluding carboxylic acids is 1. The van der Waals surface area contributed by atoms with Gasteiger partial charge in [0.2, 0.25) is 0 Å². The number of furan rings is 1. The average Bonchev–Trinajstić information content (AvgIpc) is 3.41. The zero-order valence-electron chi connectivity index (χ0n) is 15.7. The van der Waals surface area contributed by atoms with Crippen molar-refractivity contribution in [1.82, 2.24) is 20.1 Å². The van der Waals surface area contributed by atoms with Gasteiger partial charge in [-0.05, 0) is 42.8 Å². The van der Waals surface area contributed by atoms with Crippen LogP contribution in [0, 0.1) is 6.92 Å². The number of rotatable bonds is 4. The largest absolute Gasteiger partial charge is 0.507 e. The molecular weight excluding hydrogens is 368 g/mol. The highest BCUT2D eigenvalue weighted by Gasteiger charge is 2.44. The first-order valence-electron chi connectivity index (χ1n) is 9.26. The lowest BCUT2D eigenvalue weighted by atomic mass is 9.99. The van der Waals surface area contributed by atoms with Crippen LogP contribution < -0.4 is 0 Å². The van der Waals surface area contributed by atoms with Gasteiger partial charge in [-0.3, -0.25) is 14.9 Å². The second kappa shape index (κ2) is 6.63. The molecule has 0 radical (unpaired) electrons. The molecule has 29 heavy (non-hydrogen) atoms. The maximum absolute atomic E-state index is 13.3. The van der Waals surface area contributed by atoms with E-state index in [0.29, 0.717) is 34.8 Å². The molecule has 0 fully saturated rings. The summed E-state index contributed by atoms with van der Waals surface area (Å²) < 4.78 is 5.92. The van der Waals surface area contributed by atoms with Crippen molar-refractivity contribution in [2.24, 2.45) is 0 Å². The van der Waals surface area contributed by atoms with Gasteiger partial charge in [-0.1, -0.05) is 18.2 Å². The SMILES string of the molecule is Cc1ccc([C@H]2c3c(-c4ccccc4O)n[nH]c3C(=O)N2Cc2cccnc2)o1. The van der Waals surface area contributed by atoms with Gasteiger partial charge in [-0.15, -0.1) is 0 Å². The molecule has 0 spiro atoms. The quantitative estimate of drug-likeness (QED) is 0.556. The molecule has 3 aromatic heterocycles. The summed E-state index contributed by atoms with van der Waals surface area (Å²) in [7, 11) is 0. The van der Waals surface area contributed by atoms with Crippen LogP contribution in [0.4, 0.5) is 0 Å². The summed E-state index contributed by atoms with van der Waals surface area (Å²) in [6, 6.07) is 14.0. The van der Waals surface area contributed by atoms with Crippen molar-refractivity contribution in [1.29, 1.82) is 0 Å². The van der Waals surface area contributed by atoms with Gasteiger partial charge in [0.25, 0.3) is 5.91 Å². The minimum absolute atomic E-state index is 0.106. The van der Waals surface area contributed by atoms with Gasteiger partial charge in [0.1, 0.15) is 34.7 Å². The summed E-state index contributed by atoms with van der Waals surface area (Å²) in [6.07, 6.45) is 3.44. The molecule has 4 aromatic rings. The van der Waals surface area contributed by atoms with E-state index in [-0.39, 0.29) is 11.7 Å². The number of phenolic OH excluding ortho intramolecular Hbond substituents is 1. The zero-order chi connectivity index (χ0) is 20.0. The zero-order valence-corrected chi connectivity index (χ0v) is 15.7. The molecule has 0 saturated heterocycles. The van der Waals surface area contributed by atoms with Crippen molar-refractivity contribution in [2.45, 2.75) is 19.5 Å². The molecule has 5 rings (SSSR count). The number of hydrogen-bond donors (Lipinski definition) is 2. The molecule has 1 amide bonds. The average molecular weight is 386 g/mol. The molecular formula is C22H18N4O3. The van der Waals surface area contributed by atoms with Crippen molar-refractivity contribution in [3.63, 3.8) is 0 Å². The normalized spacial score (nSPS) is 15.7. The number of fused-ring (bicyclic) bond motifs is 1. The molecule has 0 saturated carbocycles. The number of nitrogens with one attached hydrogen (secondary N) is 1. The molecule has 7 heteroatoms. The molecule has 0 unspecified atom stereocenters. The highest BCUT2D eigenvalue weighted by atomic mass is 16.3. The number of aryl methyl sites for hydroxylation is 1. The molecule has 7 nitrogen and oxygen atoms in total. The summed E-state index contributed by atoms with van der Waals surface area (Å²) in [6.45, 7) is 2.24. The number of benzene rings is 1. The number of para-hydroxylation sites is 1. The molecule has 1 atom stereocenters. The van der Waals surface area contributed by atoms with Crippen LogP contribution in [0.3, 0.4) is 0 Å². The van der Waals surface area contributed by atoms with E-state index in [0.717, 1.165) is 11.3 Å². The Kier molecular flexibility index (Phi) is 3.94. The minimum atomic E-state index is -0.459. The van der Waals surface area contributed by atoms with Crippen molar-refractivity contribution >= 4 is 5.91 Å². The van der Waals surface area contributed by atoms with Crippen molar-refractivity contribution in [2.75, 3.05) is 0 Å². The predicted molar refractivity (Wildman–Crippen MR) is 105 cm³/mol. The number of aromatic hydroxyl groups is 1. The minimum Gasteiger partial charge on any atom is -0.507 e. The molecule has 144 valence electrons. The van der Waals surface area contributed by atoms with Gasteiger partial charge in [-0.2, -0.15) is 5.10 Å². The Morgan fingerprint density at radius 1 is 1.17 bits per heavy atom. The molecule has 1 aromatic carbocycles. The lowest BCUT2D eigenvalue weighted by Crippen LogP contribution is -2.29. The maximum atomic E-state index is 13.3. The summed E-state index contributed by atoms with van der Waals surface area (Å²) >= 11 is 0. The second-order valence-corrected chi connectivity index (χ2v) is 7.02. The number of hydrogen-bond acceptors (Lipinski definition) is 5. The van der Waals surface area contributed by atoms with Crippen LogP contribution in [0.25, 0.3) is 11.3 Å². The number of phenols is 1. The Balaban J connectivity index is 1.66. The number of H-pyrrole nitrogens is 1. The van der Waals surface area contributed by atoms with E-state index in [4.69, 9.17) is 4.42 Å². The monoisotopic (exact) mass is 386 g/mol. The standard InChI is InChI=1S/C22H18N4O3/c1-13-8-9-17(29-13)21-18-19(15-6-2-3-7-16(15)27)24-25-20(18)22(28)26(21)12-14-5-4-10-23-11-14/h2-11,21,27H,12H2,1H3,(H,24,25)/t21-/m0/s1. The fourth-order valence-corrected chi connectivity index (χ4v) is 3.82. The Bertz CT molecular complexity index is 1200. The molecule has 1 aliphatic rings. The van der Waals surface area contributed by atoms with Gasteiger partial charge in [0.15, 0.2) is 0 Å². The first-order chi connectivity index (χ1) is 14.1. The summed E-state index contributed by atoms with van der Waals surface area (Å²) in [5.41, 5.74) is 3.13. The number of aromatic nitrogens is 3. The summed E-state index contributed by atoms with van der Waals surface area (Å²) in [5.74, 6) is 1.35. The third kappa shape index (κ3) is 2.79. The van der Waals surface area contributed by atoms with Crippen molar-refractivity contribution in [3.8, 4) is 17.0 Å². The van der Waals surface area contributed by atoms with Gasteiger partial charge in [-0.25, -0.2) is 0 Å². The smallest absolute Gasteiger partial charge is 0.273 e. The summed E-state index contributed by atoms with van der Waals surface area (Å²) in [4.78, 5) is 19.1. The maximum Gasteiger partial charge on any atom is 0.273 e. The van der Waals surface area contributed by atoms with Crippen LogP contribution in [-0.2, 0) is 6.54 Å². The Morgan fingerprint density at radius 2 is 2.03 bits per heavy atom. The highest BCUT2D eigenvalue weighted by molar-refractivity contribution is 6.00. The fraction of sp³-hybridized carbons (Fsp3) is 0.136. The van der Waals surface area contributed by atoms with E-state index in [2.05, 4.69) is 15.2 Å². The van der Waals surface area contributed by atoms with Crippen molar-refractivity contribution < 1.29 is 14.3 Å². The Hall–Kier alpha value is -3.87. The number of pyridine rings is 1. The molecule has 0 bridgehead atoms. The van der Waals surface area contributed by atoms with E-state index in [1.165, 1.54) is 0 Å². The predicted octanol–water partition coefficient (Wildman–Crippen LogP) is 3.82. The molecule has 4 heterocycles. The first kappa shape index (κ1) is 17.2. The van der Waals surface area contributed by atoms with Crippen LogP contribution in [0.2, 0.25) is 0 Å². The third-order valence-electron chi connectivity index (χ3n) is 5.13. The van der Waals surface area contributed by atoms with E-state index in [9.17, 15) is 9.90 Å². The number of aromatic amines is 1. The lowest BCUT2D eigenvalue weighted by molar-refractivity contribution is 0.0714. The number of carbonyl (C=O) groups is 1. The lowest BCUT2D eigenvalue weighted by Gasteiger charge is -2.24. The van der Waals surface area contributed by atoms with Crippen molar-refractivity contribution in [3.05, 3.63) is 89.3 Å². The van der Waals surface area contributed by atoms with Gasteiger partial charge >= 0.3 is 0 Å². The van der Waals surface area contributed by atoms with Crippen LogP contribution >= 0.6 is 0 Å². The molecule has 1 aliphatic heterocycles. The van der Waals surface area contributed by atoms with E-state index in [1.807, 2.05) is 37.3 Å². The first-order valence-corrected chi connectivity index (χ1v) is 9.26. The number of amides is 1. The highest BCUT2D eigenvalue weighted by Crippen LogP contribution is 2.45. The van der Waals surface area contributed by atoms with E-state index in [1.54, 1.807) is 35.5 Å². The Morgan fingerprint density at radius 3 is 2.76 bits per heavy atom. The van der Waals surface area contributed by atoms with Gasteiger partial charge in [0.05, 0.1) is 0 Å². The van der Waals surface area contributed by atoms with Gasteiger partial charge < -0.3 is 14.4 Å². The van der Waals surface area contributed by atoms with Crippen LogP contribution in [-0.4, -0.2) is 31.1 Å².